The Morgan fingerprint density at radius 3 is 3.00 bits per heavy atom. The molecule has 0 bridgehead atoms. The van der Waals surface area contributed by atoms with Crippen LogP contribution in [-0.4, -0.2) is 32.9 Å². The fourth-order valence-electron chi connectivity index (χ4n) is 3.07. The topological polar surface area (TPSA) is 57.0 Å². The van der Waals surface area contributed by atoms with E-state index in [1.165, 1.54) is 37.4 Å². The van der Waals surface area contributed by atoms with E-state index in [1.54, 1.807) is 0 Å². The second-order valence-corrected chi connectivity index (χ2v) is 8.14. The lowest BCUT2D eigenvalue weighted by molar-refractivity contribution is -0.144. The van der Waals surface area contributed by atoms with E-state index in [2.05, 4.69) is 40.6 Å². The molecule has 0 spiro atoms. The molecule has 5 nitrogen and oxygen atoms in total. The van der Waals surface area contributed by atoms with Crippen molar-refractivity contribution in [3.63, 3.8) is 0 Å². The molecule has 1 fully saturated rings. The number of carbonyl (C=O) groups excluding carboxylic acids is 1. The van der Waals surface area contributed by atoms with E-state index in [0.29, 0.717) is 30.7 Å². The third-order valence-corrected chi connectivity index (χ3v) is 5.81. The molecule has 1 atom stereocenters. The third-order valence-electron chi connectivity index (χ3n) is 4.95. The monoisotopic (exact) mass is 375 g/mol. The Morgan fingerprint density at radius 1 is 1.42 bits per heavy atom. The van der Waals surface area contributed by atoms with Crippen LogP contribution in [0, 0.1) is 5.92 Å². The highest BCUT2D eigenvalue weighted by molar-refractivity contribution is 7.99. The Hall–Kier alpha value is -1.56. The van der Waals surface area contributed by atoms with Gasteiger partial charge in [-0.1, -0.05) is 44.9 Å². The zero-order valence-corrected chi connectivity index (χ0v) is 16.6. The second kappa shape index (κ2) is 9.40. The third kappa shape index (κ3) is 5.22. The summed E-state index contributed by atoms with van der Waals surface area (Å²) in [5, 5.41) is 0.730. The minimum Gasteiger partial charge on any atom is -0.465 e. The molecule has 2 aromatic rings. The van der Waals surface area contributed by atoms with Crippen LogP contribution in [-0.2, 0) is 9.53 Å². The van der Waals surface area contributed by atoms with Crippen molar-refractivity contribution in [2.24, 2.45) is 5.92 Å². The van der Waals surface area contributed by atoms with Crippen LogP contribution in [0.2, 0.25) is 0 Å². The van der Waals surface area contributed by atoms with Crippen LogP contribution in [0.3, 0.4) is 0 Å². The van der Waals surface area contributed by atoms with Gasteiger partial charge in [0.2, 0.25) is 0 Å². The predicted molar refractivity (Wildman–Crippen MR) is 105 cm³/mol. The Morgan fingerprint density at radius 2 is 2.27 bits per heavy atom. The van der Waals surface area contributed by atoms with Crippen molar-refractivity contribution >= 4 is 28.8 Å². The number of thioether (sulfide) groups is 1. The Kier molecular flexibility index (Phi) is 6.94. The summed E-state index contributed by atoms with van der Waals surface area (Å²) in [6, 6.07) is 2.68. The van der Waals surface area contributed by atoms with Gasteiger partial charge in [-0.2, -0.15) is 0 Å². The molecule has 0 radical (unpaired) electrons. The number of ether oxygens (including phenoxy) is 1. The number of nitrogens with zero attached hydrogens (tertiary/aromatic N) is 3. The minimum atomic E-state index is -0.117. The van der Waals surface area contributed by atoms with Gasteiger partial charge in [-0.05, 0) is 31.2 Å². The summed E-state index contributed by atoms with van der Waals surface area (Å²) in [6.07, 6.45) is 11.5. The number of hydrogen-bond acceptors (Lipinski definition) is 5. The molecule has 2 heterocycles. The molecule has 1 aliphatic rings. The molecule has 0 N–H and O–H groups in total. The molecule has 1 aliphatic carbocycles. The van der Waals surface area contributed by atoms with E-state index in [9.17, 15) is 4.79 Å². The van der Waals surface area contributed by atoms with Crippen molar-refractivity contribution in [3.05, 3.63) is 18.5 Å². The summed E-state index contributed by atoms with van der Waals surface area (Å²) >= 11 is 1.52. The van der Waals surface area contributed by atoms with Gasteiger partial charge in [-0.25, -0.2) is 9.97 Å². The Balaban J connectivity index is 1.41. The van der Waals surface area contributed by atoms with E-state index in [4.69, 9.17) is 4.74 Å². The minimum absolute atomic E-state index is 0.117. The molecule has 6 heteroatoms. The molecule has 1 unspecified atom stereocenters. The molecule has 2 aromatic heterocycles. The molecule has 142 valence electrons. The molecular weight excluding hydrogens is 346 g/mol. The van der Waals surface area contributed by atoms with E-state index in [-0.39, 0.29) is 5.97 Å². The number of carbonyl (C=O) groups is 1. The number of aromatic nitrogens is 3. The molecule has 0 aromatic carbocycles. The first-order valence-electron chi connectivity index (χ1n) is 9.83. The van der Waals surface area contributed by atoms with Crippen LogP contribution in [0.5, 0.6) is 0 Å². The molecule has 3 rings (SSSR count). The molecule has 0 amide bonds. The maximum absolute atomic E-state index is 11.9. The summed E-state index contributed by atoms with van der Waals surface area (Å²) in [7, 11) is 0. The zero-order valence-electron chi connectivity index (χ0n) is 15.8. The van der Waals surface area contributed by atoms with E-state index >= 15 is 0 Å². The Labute approximate surface area is 159 Å². The van der Waals surface area contributed by atoms with Gasteiger partial charge in [-0.15, -0.1) is 0 Å². The smallest absolute Gasteiger partial charge is 0.306 e. The van der Waals surface area contributed by atoms with Gasteiger partial charge in [-0.3, -0.25) is 4.79 Å². The largest absolute Gasteiger partial charge is 0.465 e. The van der Waals surface area contributed by atoms with Gasteiger partial charge in [0.05, 0.1) is 30.3 Å². The van der Waals surface area contributed by atoms with E-state index in [0.717, 1.165) is 29.0 Å². The maximum Gasteiger partial charge on any atom is 0.306 e. The first-order valence-corrected chi connectivity index (χ1v) is 10.8. The maximum atomic E-state index is 11.9. The Bertz CT molecular complexity index is 727. The lowest BCUT2D eigenvalue weighted by Gasteiger charge is -2.14. The van der Waals surface area contributed by atoms with Crippen molar-refractivity contribution < 1.29 is 9.53 Å². The quantitative estimate of drug-likeness (QED) is 0.314. The number of unbranched alkanes of at least 4 members (excludes halogenated alkanes) is 1. The highest BCUT2D eigenvalue weighted by Crippen LogP contribution is 2.37. The molecule has 1 saturated carbocycles. The van der Waals surface area contributed by atoms with E-state index in [1.807, 2.05) is 6.20 Å². The van der Waals surface area contributed by atoms with Crippen molar-refractivity contribution in [2.45, 2.75) is 70.0 Å². The van der Waals surface area contributed by atoms with Crippen LogP contribution in [0.15, 0.2) is 23.6 Å². The lowest BCUT2D eigenvalue weighted by Crippen LogP contribution is -2.14. The standard InChI is InChI=1S/C20H29N3O2S/c1-3-5-6-15(4-2)14-25-19(24)10-12-26-20-21-13-18-17(22-20)9-11-23(18)16-7-8-16/h9,11,13,15-16H,3-8,10,12,14H2,1-2H3. The van der Waals surface area contributed by atoms with Crippen LogP contribution < -0.4 is 0 Å². The first-order chi connectivity index (χ1) is 12.7. The lowest BCUT2D eigenvalue weighted by atomic mass is 10.0. The van der Waals surface area contributed by atoms with E-state index < -0.39 is 0 Å². The summed E-state index contributed by atoms with van der Waals surface area (Å²) in [4.78, 5) is 21.0. The highest BCUT2D eigenvalue weighted by Gasteiger charge is 2.24. The van der Waals surface area contributed by atoms with Gasteiger partial charge in [0, 0.05) is 18.0 Å². The van der Waals surface area contributed by atoms with Gasteiger partial charge in [0.15, 0.2) is 5.16 Å². The van der Waals surface area contributed by atoms with Crippen LogP contribution in [0.4, 0.5) is 0 Å². The van der Waals surface area contributed by atoms with Gasteiger partial charge in [0.25, 0.3) is 0 Å². The fourth-order valence-corrected chi connectivity index (χ4v) is 3.81. The number of hydrogen-bond donors (Lipinski definition) is 0. The normalized spacial score (nSPS) is 15.3. The van der Waals surface area contributed by atoms with Gasteiger partial charge < -0.3 is 9.30 Å². The molecular formula is C20H29N3O2S. The van der Waals surface area contributed by atoms with Crippen LogP contribution in [0.1, 0.15) is 64.8 Å². The highest BCUT2D eigenvalue weighted by atomic mass is 32.2. The van der Waals surface area contributed by atoms with Crippen molar-refractivity contribution in [2.75, 3.05) is 12.4 Å². The number of esters is 1. The van der Waals surface area contributed by atoms with Crippen LogP contribution >= 0.6 is 11.8 Å². The molecule has 0 aliphatic heterocycles. The fraction of sp³-hybridized carbons (Fsp3) is 0.650. The average molecular weight is 376 g/mol. The van der Waals surface area contributed by atoms with Crippen molar-refractivity contribution in [1.29, 1.82) is 0 Å². The zero-order chi connectivity index (χ0) is 18.4. The average Bonchev–Trinajstić information content (AvgIpc) is 3.41. The number of rotatable bonds is 11. The predicted octanol–water partition coefficient (Wildman–Crippen LogP) is 5.01. The summed E-state index contributed by atoms with van der Waals surface area (Å²) in [5.41, 5.74) is 2.09. The SMILES string of the molecule is CCCCC(CC)COC(=O)CCSc1ncc2c(ccn2C2CC2)n1. The van der Waals surface area contributed by atoms with Crippen LogP contribution in [0.25, 0.3) is 11.0 Å². The number of fused-ring (bicyclic) bond motifs is 1. The summed E-state index contributed by atoms with van der Waals surface area (Å²) in [5.74, 6) is 1.03. The molecule has 26 heavy (non-hydrogen) atoms. The van der Waals surface area contributed by atoms with Gasteiger partial charge in [0.1, 0.15) is 0 Å². The first kappa shape index (κ1) is 19.2. The molecule has 0 saturated heterocycles. The summed E-state index contributed by atoms with van der Waals surface area (Å²) < 4.78 is 7.71. The summed E-state index contributed by atoms with van der Waals surface area (Å²) in [6.45, 7) is 4.90. The van der Waals surface area contributed by atoms with Gasteiger partial charge >= 0.3 is 5.97 Å². The van der Waals surface area contributed by atoms with Crippen molar-refractivity contribution in [3.8, 4) is 0 Å². The second-order valence-electron chi connectivity index (χ2n) is 7.08. The van der Waals surface area contributed by atoms with Crippen molar-refractivity contribution in [1.82, 2.24) is 14.5 Å².